The van der Waals surface area contributed by atoms with Gasteiger partial charge < -0.3 is 10.4 Å². The number of carbonyl (C=O) groups is 1. The number of carboxylic acids is 1. The average Bonchev–Trinajstić information content (AvgIpc) is 2.23. The molecule has 0 aliphatic rings. The van der Waals surface area contributed by atoms with E-state index in [2.05, 4.69) is 5.32 Å². The number of likely N-dealkylation sites (N-methyl/N-ethyl adjacent to an activating group) is 1. The highest BCUT2D eigenvalue weighted by Gasteiger charge is 2.18. The molecule has 0 aliphatic heterocycles. The fourth-order valence-corrected chi connectivity index (χ4v) is 1.55. The van der Waals surface area contributed by atoms with E-state index in [0.717, 1.165) is 6.42 Å². The van der Waals surface area contributed by atoms with Crippen LogP contribution in [0.15, 0.2) is 0 Å². The highest BCUT2D eigenvalue weighted by Crippen LogP contribution is 2.23. The molecule has 0 heterocycles. The lowest BCUT2D eigenvalue weighted by atomic mass is 10.2. The minimum Gasteiger partial charge on any atom is -0.481 e. The van der Waals surface area contributed by atoms with E-state index in [9.17, 15) is 9.36 Å². The Labute approximate surface area is 96.3 Å². The van der Waals surface area contributed by atoms with Crippen LogP contribution in [0.2, 0.25) is 0 Å². The number of carboxylic acid groups (broad SMARTS) is 1. The van der Waals surface area contributed by atoms with Gasteiger partial charge in [-0.15, -0.1) is 9.05 Å². The predicted molar refractivity (Wildman–Crippen MR) is 59.5 cm³/mol. The first-order valence-corrected chi connectivity index (χ1v) is 6.36. The van der Waals surface area contributed by atoms with Crippen LogP contribution in [-0.2, 0) is 18.4 Å². The van der Waals surface area contributed by atoms with Crippen molar-refractivity contribution in [1.82, 2.24) is 5.32 Å². The van der Waals surface area contributed by atoms with Crippen LogP contribution in [0.4, 0.5) is 0 Å². The normalized spacial score (nSPS) is 11.4. The molecule has 6 nitrogen and oxygen atoms in total. The van der Waals surface area contributed by atoms with E-state index in [1.807, 2.05) is 0 Å². The Morgan fingerprint density at radius 1 is 1.25 bits per heavy atom. The fourth-order valence-electron chi connectivity index (χ4n) is 0.954. The number of nitrogens with one attached hydrogen (secondary N) is 1. The summed E-state index contributed by atoms with van der Waals surface area (Å²) in [7, 11) is -0.254. The van der Waals surface area contributed by atoms with Gasteiger partial charge in [-0.05, 0) is 19.9 Å². The third-order valence-electron chi connectivity index (χ3n) is 1.78. The summed E-state index contributed by atoms with van der Waals surface area (Å²) in [6, 6.07) is 0. The van der Waals surface area contributed by atoms with Crippen molar-refractivity contribution in [2.45, 2.75) is 25.7 Å². The van der Waals surface area contributed by atoms with Gasteiger partial charge in [-0.2, -0.15) is 0 Å². The quantitative estimate of drug-likeness (QED) is 0.428. The smallest absolute Gasteiger partial charge is 0.481 e. The van der Waals surface area contributed by atoms with Crippen LogP contribution in [-0.4, -0.2) is 37.9 Å². The Morgan fingerprint density at radius 2 is 1.94 bits per heavy atom. The summed E-state index contributed by atoms with van der Waals surface area (Å²) < 4.78 is 20.8. The zero-order valence-electron chi connectivity index (χ0n) is 9.48. The van der Waals surface area contributed by atoms with Gasteiger partial charge in [-0.3, -0.25) is 4.79 Å². The molecule has 1 unspecified atom stereocenters. The molecule has 16 heavy (non-hydrogen) atoms. The van der Waals surface area contributed by atoms with Gasteiger partial charge in [0.25, 0.3) is 0 Å². The van der Waals surface area contributed by atoms with Gasteiger partial charge in [0, 0.05) is 17.5 Å². The molecule has 0 bridgehead atoms. The number of rotatable bonds is 11. The summed E-state index contributed by atoms with van der Waals surface area (Å²) in [5, 5.41) is 11.2. The number of hydrogen-bond donors (Lipinski definition) is 2. The van der Waals surface area contributed by atoms with Gasteiger partial charge in [0.15, 0.2) is 0 Å². The topological polar surface area (TPSA) is 84.9 Å². The molecule has 0 aromatic carbocycles. The third kappa shape index (κ3) is 11.5. The molecule has 0 aromatic heterocycles. The van der Waals surface area contributed by atoms with Crippen molar-refractivity contribution in [1.29, 1.82) is 0 Å². The molecule has 0 aliphatic carbocycles. The van der Waals surface area contributed by atoms with Crippen molar-refractivity contribution >= 4 is 14.2 Å². The highest BCUT2D eigenvalue weighted by atomic mass is 31.1. The van der Waals surface area contributed by atoms with E-state index >= 15 is 0 Å². The maximum atomic E-state index is 11.0. The molecule has 1 atom stereocenters. The number of unbranched alkanes of at least 4 members (excludes halogenated alkanes) is 2. The van der Waals surface area contributed by atoms with E-state index in [1.54, 1.807) is 7.05 Å². The van der Waals surface area contributed by atoms with Crippen LogP contribution in [0.3, 0.4) is 0 Å². The Bertz CT molecular complexity index is 212. The molecule has 0 radical (unpaired) electrons. The Kier molecular flexibility index (Phi) is 10.6. The van der Waals surface area contributed by atoms with Gasteiger partial charge in [0.2, 0.25) is 0 Å². The van der Waals surface area contributed by atoms with Crippen molar-refractivity contribution in [3.63, 3.8) is 0 Å². The predicted octanol–water partition coefficient (Wildman–Crippen LogP) is 1.54. The Morgan fingerprint density at radius 3 is 2.56 bits per heavy atom. The Balaban J connectivity index is 3.18. The highest BCUT2D eigenvalue weighted by molar-refractivity contribution is 7.33. The maximum absolute atomic E-state index is 11.0. The van der Waals surface area contributed by atoms with Gasteiger partial charge in [-0.1, -0.05) is 6.42 Å². The van der Waals surface area contributed by atoms with Gasteiger partial charge >= 0.3 is 14.2 Å². The number of hydrogen-bond acceptors (Lipinski definition) is 5. The van der Waals surface area contributed by atoms with Crippen LogP contribution < -0.4 is 5.32 Å². The lowest BCUT2D eigenvalue weighted by Gasteiger charge is -1.95. The van der Waals surface area contributed by atoms with Crippen LogP contribution in [0.5, 0.6) is 0 Å². The third-order valence-corrected chi connectivity index (χ3v) is 2.57. The maximum Gasteiger partial charge on any atom is 0.697 e. The molecule has 0 amide bonds. The molecule has 0 saturated heterocycles. The van der Waals surface area contributed by atoms with Crippen molar-refractivity contribution < 1.29 is 23.5 Å². The summed E-state index contributed by atoms with van der Waals surface area (Å²) in [4.78, 5) is 10.2. The fraction of sp³-hybridized carbons (Fsp3) is 0.889. The summed E-state index contributed by atoms with van der Waals surface area (Å²) in [6.07, 6.45) is 2.25. The first kappa shape index (κ1) is 15.4. The summed E-state index contributed by atoms with van der Waals surface area (Å²) in [5.74, 6) is -0.789. The molecule has 0 spiro atoms. The van der Waals surface area contributed by atoms with Gasteiger partial charge in [0.05, 0.1) is 0 Å². The SMILES string of the molecule is CNCCO[P+](=O)OCCCCCC(=O)O. The summed E-state index contributed by atoms with van der Waals surface area (Å²) >= 11 is 0. The Hall–Kier alpha value is -0.550. The monoisotopic (exact) mass is 252 g/mol. The molecule has 0 saturated carbocycles. The van der Waals surface area contributed by atoms with E-state index in [4.69, 9.17) is 14.2 Å². The molecule has 2 N–H and O–H groups in total. The van der Waals surface area contributed by atoms with Crippen molar-refractivity contribution in [2.24, 2.45) is 0 Å². The van der Waals surface area contributed by atoms with E-state index < -0.39 is 14.2 Å². The molecule has 0 rings (SSSR count). The van der Waals surface area contributed by atoms with Gasteiger partial charge in [0.1, 0.15) is 13.2 Å². The first-order chi connectivity index (χ1) is 7.66. The van der Waals surface area contributed by atoms with Gasteiger partial charge in [-0.25, -0.2) is 0 Å². The van der Waals surface area contributed by atoms with Crippen molar-refractivity contribution in [3.8, 4) is 0 Å². The lowest BCUT2D eigenvalue weighted by Crippen LogP contribution is -2.12. The molecule has 0 fully saturated rings. The van der Waals surface area contributed by atoms with Crippen molar-refractivity contribution in [3.05, 3.63) is 0 Å². The largest absolute Gasteiger partial charge is 0.697 e. The van der Waals surface area contributed by atoms with E-state index in [-0.39, 0.29) is 6.42 Å². The molecular weight excluding hydrogens is 233 g/mol. The molecule has 94 valence electrons. The zero-order chi connectivity index (χ0) is 12.2. The van der Waals surface area contributed by atoms with E-state index in [1.165, 1.54) is 0 Å². The second-order valence-electron chi connectivity index (χ2n) is 3.20. The van der Waals surface area contributed by atoms with Crippen LogP contribution in [0.1, 0.15) is 25.7 Å². The second-order valence-corrected chi connectivity index (χ2v) is 4.16. The first-order valence-electron chi connectivity index (χ1n) is 5.26. The van der Waals surface area contributed by atoms with Crippen LogP contribution in [0.25, 0.3) is 0 Å². The minimum absolute atomic E-state index is 0.171. The lowest BCUT2D eigenvalue weighted by molar-refractivity contribution is -0.137. The summed E-state index contributed by atoms with van der Waals surface area (Å²) in [6.45, 7) is 1.32. The standard InChI is InChI=1S/C9H18NO5P/c1-10-6-8-15-16(13)14-7-4-2-3-5-9(11)12/h10H,2-8H2,1H3/p+1. The van der Waals surface area contributed by atoms with Crippen LogP contribution >= 0.6 is 8.25 Å². The molecule has 0 aromatic rings. The number of aliphatic carboxylic acids is 1. The average molecular weight is 252 g/mol. The van der Waals surface area contributed by atoms with Crippen LogP contribution in [0, 0.1) is 0 Å². The molecular formula is C9H19NO5P+. The molecule has 7 heteroatoms. The second kappa shape index (κ2) is 11.0. The van der Waals surface area contributed by atoms with E-state index in [0.29, 0.717) is 32.6 Å². The summed E-state index contributed by atoms with van der Waals surface area (Å²) in [5.41, 5.74) is 0. The zero-order valence-corrected chi connectivity index (χ0v) is 10.4. The van der Waals surface area contributed by atoms with Crippen molar-refractivity contribution in [2.75, 3.05) is 26.8 Å². The minimum atomic E-state index is -2.03.